The maximum Gasteiger partial charge on any atom is 0.410 e. The zero-order valence-electron chi connectivity index (χ0n) is 11.9. The maximum atomic E-state index is 11.9. The van der Waals surface area contributed by atoms with Crippen LogP contribution in [0.15, 0.2) is 0 Å². The van der Waals surface area contributed by atoms with Gasteiger partial charge in [-0.05, 0) is 40.5 Å². The lowest BCUT2D eigenvalue weighted by atomic mass is 9.66. The fourth-order valence-corrected chi connectivity index (χ4v) is 3.26. The molecule has 0 aromatic rings. The molecule has 1 unspecified atom stereocenters. The summed E-state index contributed by atoms with van der Waals surface area (Å²) in [6.07, 6.45) is 2.59. The first-order valence-electron chi connectivity index (χ1n) is 7.04. The van der Waals surface area contributed by atoms with E-state index in [1.165, 1.54) is 19.4 Å². The second-order valence-electron chi connectivity index (χ2n) is 7.28. The van der Waals surface area contributed by atoms with E-state index in [1.54, 1.807) is 0 Å². The Labute approximate surface area is 109 Å². The van der Waals surface area contributed by atoms with Crippen LogP contribution in [0.5, 0.6) is 0 Å². The number of hydrogen-bond acceptors (Lipinski definition) is 3. The van der Waals surface area contributed by atoms with Gasteiger partial charge in [0.05, 0.1) is 0 Å². The van der Waals surface area contributed by atoms with Crippen LogP contribution in [0.25, 0.3) is 0 Å². The molecule has 4 heteroatoms. The van der Waals surface area contributed by atoms with Crippen molar-refractivity contribution in [2.45, 2.75) is 58.2 Å². The van der Waals surface area contributed by atoms with Gasteiger partial charge in [0.2, 0.25) is 0 Å². The van der Waals surface area contributed by atoms with Crippen LogP contribution in [0.2, 0.25) is 0 Å². The number of carbonyl (C=O) groups excluding carboxylic acids is 1. The third-order valence-electron chi connectivity index (χ3n) is 4.56. The number of rotatable bonds is 1. The molecule has 102 valence electrons. The smallest absolute Gasteiger partial charge is 0.410 e. The fraction of sp³-hybridized carbons (Fsp3) is 0.929. The Morgan fingerprint density at radius 1 is 1.22 bits per heavy atom. The highest BCUT2D eigenvalue weighted by molar-refractivity contribution is 5.69. The molecule has 0 N–H and O–H groups in total. The van der Waals surface area contributed by atoms with E-state index in [4.69, 9.17) is 4.74 Å². The summed E-state index contributed by atoms with van der Waals surface area (Å²) in [6.45, 7) is 11.0. The summed E-state index contributed by atoms with van der Waals surface area (Å²) in [5, 5.41) is 0. The average molecular weight is 252 g/mol. The molecule has 2 aliphatic heterocycles. The Bertz CT molecular complexity index is 364. The number of carbonyl (C=O) groups is 1. The van der Waals surface area contributed by atoms with Gasteiger partial charge in [0.25, 0.3) is 0 Å². The Balaban J connectivity index is 1.50. The fourth-order valence-electron chi connectivity index (χ4n) is 3.26. The van der Waals surface area contributed by atoms with Crippen molar-refractivity contribution in [2.75, 3.05) is 19.6 Å². The minimum Gasteiger partial charge on any atom is -0.444 e. The average Bonchev–Trinajstić information content (AvgIpc) is 2.94. The predicted molar refractivity (Wildman–Crippen MR) is 69.4 cm³/mol. The van der Waals surface area contributed by atoms with Crippen molar-refractivity contribution in [3.8, 4) is 0 Å². The van der Waals surface area contributed by atoms with Gasteiger partial charge in [-0.2, -0.15) is 0 Å². The Hall–Kier alpha value is -0.770. The highest BCUT2D eigenvalue weighted by atomic mass is 16.6. The largest absolute Gasteiger partial charge is 0.444 e. The lowest BCUT2D eigenvalue weighted by Crippen LogP contribution is -2.77. The van der Waals surface area contributed by atoms with E-state index in [-0.39, 0.29) is 11.7 Å². The molecule has 18 heavy (non-hydrogen) atoms. The molecule has 2 heterocycles. The summed E-state index contributed by atoms with van der Waals surface area (Å²) >= 11 is 0. The van der Waals surface area contributed by atoms with Crippen molar-refractivity contribution in [1.29, 1.82) is 0 Å². The second kappa shape index (κ2) is 3.62. The number of amides is 1. The van der Waals surface area contributed by atoms with Crippen molar-refractivity contribution in [3.05, 3.63) is 0 Å². The normalized spacial score (nSPS) is 30.9. The van der Waals surface area contributed by atoms with E-state index < -0.39 is 0 Å². The Morgan fingerprint density at radius 2 is 1.83 bits per heavy atom. The molecule has 1 saturated carbocycles. The van der Waals surface area contributed by atoms with Crippen molar-refractivity contribution in [3.63, 3.8) is 0 Å². The monoisotopic (exact) mass is 252 g/mol. The van der Waals surface area contributed by atoms with Crippen molar-refractivity contribution in [2.24, 2.45) is 5.41 Å². The number of hydrogen-bond donors (Lipinski definition) is 0. The molecule has 0 bridgehead atoms. The van der Waals surface area contributed by atoms with Crippen LogP contribution in [0, 0.1) is 5.41 Å². The molecule has 1 aliphatic carbocycles. The van der Waals surface area contributed by atoms with Crippen LogP contribution in [0.4, 0.5) is 4.79 Å². The van der Waals surface area contributed by atoms with E-state index in [0.29, 0.717) is 11.5 Å². The highest BCUT2D eigenvalue weighted by Crippen LogP contribution is 2.49. The van der Waals surface area contributed by atoms with Crippen LogP contribution in [-0.2, 0) is 4.74 Å². The van der Waals surface area contributed by atoms with Gasteiger partial charge in [0.15, 0.2) is 0 Å². The summed E-state index contributed by atoms with van der Waals surface area (Å²) in [7, 11) is 0. The minimum atomic E-state index is -0.384. The zero-order chi connectivity index (χ0) is 13.1. The van der Waals surface area contributed by atoms with E-state index in [9.17, 15) is 4.79 Å². The van der Waals surface area contributed by atoms with Crippen LogP contribution in [0.1, 0.15) is 40.5 Å². The standard InChI is InChI=1S/C14H24N2O2/c1-10-14(9-16(10)11-5-6-11)7-15(8-14)12(17)18-13(2,3)4/h10-11H,5-9H2,1-4H3. The number of likely N-dealkylation sites (tertiary alicyclic amines) is 2. The molecule has 3 fully saturated rings. The molecular formula is C14H24N2O2. The number of ether oxygens (including phenoxy) is 1. The third kappa shape index (κ3) is 1.91. The van der Waals surface area contributed by atoms with Crippen molar-refractivity contribution >= 4 is 6.09 Å². The molecular weight excluding hydrogens is 228 g/mol. The molecule has 4 nitrogen and oxygen atoms in total. The lowest BCUT2D eigenvalue weighted by Gasteiger charge is -2.64. The van der Waals surface area contributed by atoms with Crippen LogP contribution in [0.3, 0.4) is 0 Å². The second-order valence-corrected chi connectivity index (χ2v) is 7.28. The molecule has 3 rings (SSSR count). The Kier molecular flexibility index (Phi) is 2.47. The van der Waals surface area contributed by atoms with Crippen molar-refractivity contribution < 1.29 is 9.53 Å². The van der Waals surface area contributed by atoms with Gasteiger partial charge in [0.1, 0.15) is 5.60 Å². The summed E-state index contributed by atoms with van der Waals surface area (Å²) in [5.41, 5.74) is -0.00932. The number of nitrogens with zero attached hydrogens (tertiary/aromatic N) is 2. The first kappa shape index (κ1) is 12.3. The van der Waals surface area contributed by atoms with Crippen LogP contribution < -0.4 is 0 Å². The van der Waals surface area contributed by atoms with Gasteiger partial charge in [-0.3, -0.25) is 4.90 Å². The topological polar surface area (TPSA) is 32.8 Å². The summed E-state index contributed by atoms with van der Waals surface area (Å²) in [6, 6.07) is 1.49. The SMILES string of the molecule is CC1N(C2CC2)CC12CN(C(=O)OC(C)(C)C)C2. The Morgan fingerprint density at radius 3 is 2.28 bits per heavy atom. The molecule has 0 aromatic carbocycles. The quantitative estimate of drug-likeness (QED) is 0.716. The summed E-state index contributed by atoms with van der Waals surface area (Å²) < 4.78 is 5.40. The van der Waals surface area contributed by atoms with Crippen LogP contribution >= 0.6 is 0 Å². The predicted octanol–water partition coefficient (Wildman–Crippen LogP) is 2.09. The van der Waals surface area contributed by atoms with Gasteiger partial charge < -0.3 is 9.64 Å². The van der Waals surface area contributed by atoms with Crippen molar-refractivity contribution in [1.82, 2.24) is 9.80 Å². The molecule has 0 radical (unpaired) electrons. The molecule has 1 amide bonds. The lowest BCUT2D eigenvalue weighted by molar-refractivity contribution is -0.156. The minimum absolute atomic E-state index is 0.148. The first-order valence-corrected chi connectivity index (χ1v) is 7.04. The molecule has 0 aromatic heterocycles. The summed E-state index contributed by atoms with van der Waals surface area (Å²) in [4.78, 5) is 16.4. The molecule has 3 aliphatic rings. The first-order chi connectivity index (χ1) is 8.31. The summed E-state index contributed by atoms with van der Waals surface area (Å²) in [5.74, 6) is 0. The van der Waals surface area contributed by atoms with E-state index >= 15 is 0 Å². The zero-order valence-corrected chi connectivity index (χ0v) is 11.9. The van der Waals surface area contributed by atoms with E-state index in [0.717, 1.165) is 19.1 Å². The maximum absolute atomic E-state index is 11.9. The van der Waals surface area contributed by atoms with Gasteiger partial charge >= 0.3 is 6.09 Å². The van der Waals surface area contributed by atoms with E-state index in [2.05, 4.69) is 11.8 Å². The molecule has 2 saturated heterocycles. The van der Waals surface area contributed by atoms with E-state index in [1.807, 2.05) is 25.7 Å². The third-order valence-corrected chi connectivity index (χ3v) is 4.56. The van der Waals surface area contributed by atoms with Gasteiger partial charge in [0, 0.05) is 37.1 Å². The highest BCUT2D eigenvalue weighted by Gasteiger charge is 2.61. The molecule has 1 atom stereocenters. The van der Waals surface area contributed by atoms with Gasteiger partial charge in [-0.1, -0.05) is 0 Å². The van der Waals surface area contributed by atoms with Gasteiger partial charge in [-0.25, -0.2) is 4.79 Å². The van der Waals surface area contributed by atoms with Gasteiger partial charge in [-0.15, -0.1) is 0 Å². The van der Waals surface area contributed by atoms with Crippen LogP contribution in [-0.4, -0.2) is 53.2 Å². The molecule has 1 spiro atoms.